The van der Waals surface area contributed by atoms with Gasteiger partial charge in [-0.2, -0.15) is 0 Å². The highest BCUT2D eigenvalue weighted by Gasteiger charge is 2.22. The van der Waals surface area contributed by atoms with Gasteiger partial charge in [0.05, 0.1) is 10.9 Å². The van der Waals surface area contributed by atoms with E-state index in [1.165, 1.54) is 0 Å². The lowest BCUT2D eigenvalue weighted by Gasteiger charge is -2.28. The molecule has 172 valence electrons. The van der Waals surface area contributed by atoms with Crippen LogP contribution in [0.5, 0.6) is 5.06 Å². The summed E-state index contributed by atoms with van der Waals surface area (Å²) in [4.78, 5) is 38.3. The van der Waals surface area contributed by atoms with Crippen LogP contribution in [0.1, 0.15) is 18.4 Å². The number of carbonyl (C=O) groups excluding carboxylic acids is 3. The number of halogens is 1. The number of benzene rings is 1. The molecule has 1 aromatic heterocycles. The first-order chi connectivity index (χ1) is 15.4. The Morgan fingerprint density at radius 2 is 2.16 bits per heavy atom. The molecule has 9 nitrogen and oxygen atoms in total. The predicted molar refractivity (Wildman–Crippen MR) is 122 cm³/mol. The van der Waals surface area contributed by atoms with Crippen LogP contribution in [0.4, 0.5) is 16.2 Å². The van der Waals surface area contributed by atoms with E-state index in [4.69, 9.17) is 21.1 Å². The summed E-state index contributed by atoms with van der Waals surface area (Å²) >= 11 is 6.92. The number of aliphatic hydroxyl groups is 1. The highest BCUT2D eigenvalue weighted by atomic mass is 35.5. The first-order valence-corrected chi connectivity index (χ1v) is 11.2. The highest BCUT2D eigenvalue weighted by molar-refractivity contribution is 7.17. The first kappa shape index (κ1) is 24.0. The molecule has 0 bridgehead atoms. The number of carbonyl (C=O) groups is 3. The van der Waals surface area contributed by atoms with Gasteiger partial charge < -0.3 is 30.1 Å². The predicted octanol–water partition coefficient (Wildman–Crippen LogP) is 2.94. The number of nitrogens with zero attached hydrogens (tertiary/aromatic N) is 1. The van der Waals surface area contributed by atoms with Crippen molar-refractivity contribution >= 4 is 52.2 Å². The maximum atomic E-state index is 12.5. The van der Waals surface area contributed by atoms with Crippen LogP contribution in [0.25, 0.3) is 0 Å². The van der Waals surface area contributed by atoms with E-state index in [1.54, 1.807) is 35.2 Å². The summed E-state index contributed by atoms with van der Waals surface area (Å²) in [7, 11) is 0. The van der Waals surface area contributed by atoms with Crippen molar-refractivity contribution in [2.45, 2.75) is 25.8 Å². The maximum absolute atomic E-state index is 12.5. The zero-order valence-corrected chi connectivity index (χ0v) is 19.0. The summed E-state index contributed by atoms with van der Waals surface area (Å²) in [5.41, 5.74) is 2.17. The third-order valence-electron chi connectivity index (χ3n) is 4.73. The van der Waals surface area contributed by atoms with Crippen molar-refractivity contribution in [3.8, 4) is 5.06 Å². The molecule has 0 radical (unpaired) electrons. The summed E-state index contributed by atoms with van der Waals surface area (Å²) in [5, 5.41) is 15.0. The molecule has 2 heterocycles. The number of thiophene rings is 1. The van der Waals surface area contributed by atoms with E-state index in [9.17, 15) is 19.5 Å². The topological polar surface area (TPSA) is 117 Å². The summed E-state index contributed by atoms with van der Waals surface area (Å²) in [6, 6.07) is 7.83. The molecule has 1 saturated heterocycles. The Balaban J connectivity index is 1.56. The second kappa shape index (κ2) is 11.3. The Hall–Kier alpha value is -2.66. The van der Waals surface area contributed by atoms with Crippen LogP contribution in [0.15, 0.2) is 30.3 Å². The van der Waals surface area contributed by atoms with Crippen molar-refractivity contribution < 1.29 is 29.0 Å². The first-order valence-electron chi connectivity index (χ1n) is 9.99. The number of aryl methyl sites for hydroxylation is 1. The van der Waals surface area contributed by atoms with Gasteiger partial charge in [0, 0.05) is 37.0 Å². The maximum Gasteiger partial charge on any atom is 0.413 e. The molecule has 1 aliphatic rings. The van der Waals surface area contributed by atoms with E-state index in [0.717, 1.165) is 22.6 Å². The Bertz CT molecular complexity index is 982. The van der Waals surface area contributed by atoms with Crippen LogP contribution in [0, 0.1) is 6.92 Å². The molecule has 32 heavy (non-hydrogen) atoms. The fraction of sp³-hybridized carbons (Fsp3) is 0.381. The minimum atomic E-state index is -0.731. The van der Waals surface area contributed by atoms with Crippen molar-refractivity contribution in [3.63, 3.8) is 0 Å². The van der Waals surface area contributed by atoms with E-state index in [0.29, 0.717) is 28.2 Å². The van der Waals surface area contributed by atoms with Gasteiger partial charge >= 0.3 is 6.09 Å². The van der Waals surface area contributed by atoms with Crippen molar-refractivity contribution in [3.05, 3.63) is 40.2 Å². The standard InChI is InChI=1S/C21H24ClN3O6S/c1-13-10-14(2-3-16(13)25-7-9-30-12-19(25)28)23-18(27)11-15(6-8-26)24-21(29)31-20-5-4-17(22)32-20/h2-5,10,15,26H,6-9,11-12H2,1H3,(H,23,27)(H,24,29). The van der Waals surface area contributed by atoms with E-state index in [2.05, 4.69) is 10.6 Å². The van der Waals surface area contributed by atoms with E-state index in [1.807, 2.05) is 6.92 Å². The number of nitrogens with one attached hydrogen (secondary N) is 2. The van der Waals surface area contributed by atoms with Gasteiger partial charge in [0.15, 0.2) is 5.06 Å². The van der Waals surface area contributed by atoms with Gasteiger partial charge in [-0.1, -0.05) is 22.9 Å². The van der Waals surface area contributed by atoms with Gasteiger partial charge in [0.25, 0.3) is 5.91 Å². The second-order valence-electron chi connectivity index (χ2n) is 7.15. The molecule has 3 rings (SSSR count). The van der Waals surface area contributed by atoms with Crippen molar-refractivity contribution in [1.29, 1.82) is 0 Å². The van der Waals surface area contributed by atoms with Crippen LogP contribution in [-0.4, -0.2) is 55.4 Å². The number of anilines is 2. The Kier molecular flexibility index (Phi) is 8.46. The second-order valence-corrected chi connectivity index (χ2v) is 8.83. The molecular weight excluding hydrogens is 458 g/mol. The molecule has 0 aliphatic carbocycles. The lowest BCUT2D eigenvalue weighted by molar-refractivity contribution is -0.125. The monoisotopic (exact) mass is 481 g/mol. The van der Waals surface area contributed by atoms with Gasteiger partial charge in [-0.15, -0.1) is 0 Å². The van der Waals surface area contributed by atoms with Crippen LogP contribution >= 0.6 is 22.9 Å². The van der Waals surface area contributed by atoms with Crippen LogP contribution in [-0.2, 0) is 14.3 Å². The minimum absolute atomic E-state index is 0.0520. The lowest BCUT2D eigenvalue weighted by atomic mass is 10.1. The minimum Gasteiger partial charge on any atom is -0.399 e. The number of ether oxygens (including phenoxy) is 2. The quantitative estimate of drug-likeness (QED) is 0.533. The molecular formula is C21H24ClN3O6S. The largest absolute Gasteiger partial charge is 0.413 e. The average molecular weight is 482 g/mol. The van der Waals surface area contributed by atoms with Gasteiger partial charge in [0.1, 0.15) is 6.61 Å². The number of aliphatic hydroxyl groups excluding tert-OH is 1. The summed E-state index contributed by atoms with van der Waals surface area (Å²) in [5.74, 6) is -0.441. The molecule has 1 atom stereocenters. The Morgan fingerprint density at radius 3 is 2.81 bits per heavy atom. The number of hydrogen-bond acceptors (Lipinski definition) is 7. The van der Waals surface area contributed by atoms with Crippen molar-refractivity contribution in [1.82, 2.24) is 5.32 Å². The van der Waals surface area contributed by atoms with E-state index >= 15 is 0 Å². The normalized spacial score (nSPS) is 14.7. The van der Waals surface area contributed by atoms with Gasteiger partial charge in [-0.3, -0.25) is 9.59 Å². The molecule has 11 heteroatoms. The van der Waals surface area contributed by atoms with Gasteiger partial charge in [-0.05, 0) is 49.2 Å². The summed E-state index contributed by atoms with van der Waals surface area (Å²) < 4.78 is 10.8. The van der Waals surface area contributed by atoms with Crippen LogP contribution in [0.3, 0.4) is 0 Å². The molecule has 3 N–H and O–H groups in total. The van der Waals surface area contributed by atoms with E-state index < -0.39 is 12.1 Å². The fourth-order valence-electron chi connectivity index (χ4n) is 3.27. The smallest absolute Gasteiger partial charge is 0.399 e. The third-order valence-corrected chi connectivity index (χ3v) is 5.84. The number of amides is 3. The molecule has 1 aliphatic heterocycles. The van der Waals surface area contributed by atoms with Crippen LogP contribution in [0.2, 0.25) is 4.34 Å². The van der Waals surface area contributed by atoms with Crippen molar-refractivity contribution in [2.75, 3.05) is 36.6 Å². The Morgan fingerprint density at radius 1 is 1.34 bits per heavy atom. The summed E-state index contributed by atoms with van der Waals surface area (Å²) in [6.45, 7) is 2.67. The molecule has 1 aromatic carbocycles. The number of rotatable bonds is 8. The van der Waals surface area contributed by atoms with Crippen LogP contribution < -0.4 is 20.3 Å². The molecule has 0 spiro atoms. The molecule has 2 aromatic rings. The number of hydrogen-bond donors (Lipinski definition) is 3. The Labute approximate surface area is 194 Å². The fourth-order valence-corrected chi connectivity index (χ4v) is 4.14. The molecule has 3 amide bonds. The molecule has 1 fully saturated rings. The zero-order chi connectivity index (χ0) is 23.1. The lowest BCUT2D eigenvalue weighted by Crippen LogP contribution is -2.42. The molecule has 0 saturated carbocycles. The zero-order valence-electron chi connectivity index (χ0n) is 17.4. The summed E-state index contributed by atoms with van der Waals surface area (Å²) in [6.07, 6.45) is -0.598. The van der Waals surface area contributed by atoms with Crippen molar-refractivity contribution in [2.24, 2.45) is 0 Å². The third kappa shape index (κ3) is 6.67. The van der Waals surface area contributed by atoms with E-state index in [-0.39, 0.29) is 37.9 Å². The van der Waals surface area contributed by atoms with Gasteiger partial charge in [-0.25, -0.2) is 4.79 Å². The molecule has 1 unspecified atom stereocenters. The average Bonchev–Trinajstić information content (AvgIpc) is 3.13. The number of morpholine rings is 1. The SMILES string of the molecule is Cc1cc(NC(=O)CC(CCO)NC(=O)Oc2ccc(Cl)s2)ccc1N1CCOCC1=O. The van der Waals surface area contributed by atoms with Gasteiger partial charge in [0.2, 0.25) is 5.91 Å². The highest BCUT2D eigenvalue weighted by Crippen LogP contribution is 2.28.